The van der Waals surface area contributed by atoms with Gasteiger partial charge in [0.05, 0.1) is 0 Å². The van der Waals surface area contributed by atoms with Gasteiger partial charge in [-0.05, 0) is 43.9 Å². The summed E-state index contributed by atoms with van der Waals surface area (Å²) in [6.45, 7) is 2.61. The minimum Gasteiger partial charge on any atom is -0.481 e. The highest BCUT2D eigenvalue weighted by Gasteiger charge is 2.27. The second-order valence-electron chi connectivity index (χ2n) is 4.88. The summed E-state index contributed by atoms with van der Waals surface area (Å²) in [5.74, 6) is 1.34. The molecule has 1 aliphatic rings. The van der Waals surface area contributed by atoms with Crippen LogP contribution in [0, 0.1) is 5.92 Å². The molecule has 18 heavy (non-hydrogen) atoms. The lowest BCUT2D eigenvalue weighted by atomic mass is 10.3. The molecule has 1 saturated carbocycles. The van der Waals surface area contributed by atoms with E-state index in [1.54, 1.807) is 30.0 Å². The lowest BCUT2D eigenvalue weighted by molar-refractivity contribution is -0.136. The number of rotatable bonds is 5. The highest BCUT2D eigenvalue weighted by molar-refractivity contribution is 6.30. The summed E-state index contributed by atoms with van der Waals surface area (Å²) in [5, 5.41) is 0.610. The quantitative estimate of drug-likeness (QED) is 0.821. The summed E-state index contributed by atoms with van der Waals surface area (Å²) in [6, 6.07) is 7.10. The van der Waals surface area contributed by atoms with E-state index < -0.39 is 6.10 Å². The maximum atomic E-state index is 12.1. The summed E-state index contributed by atoms with van der Waals surface area (Å²) in [7, 11) is 1.83. The molecule has 1 fully saturated rings. The molecule has 3 nitrogen and oxygen atoms in total. The second-order valence-corrected chi connectivity index (χ2v) is 5.32. The summed E-state index contributed by atoms with van der Waals surface area (Å²) in [4.78, 5) is 13.8. The molecule has 1 aromatic carbocycles. The number of hydrogen-bond donors (Lipinski definition) is 0. The van der Waals surface area contributed by atoms with Gasteiger partial charge in [0.2, 0.25) is 0 Å². The molecular weight excluding hydrogens is 250 g/mol. The summed E-state index contributed by atoms with van der Waals surface area (Å²) in [5.41, 5.74) is 0. The Bertz CT molecular complexity index is 432. The topological polar surface area (TPSA) is 29.5 Å². The zero-order valence-corrected chi connectivity index (χ0v) is 11.5. The van der Waals surface area contributed by atoms with E-state index in [0.29, 0.717) is 16.7 Å². The number of amides is 1. The van der Waals surface area contributed by atoms with Gasteiger partial charge in [0, 0.05) is 18.6 Å². The molecule has 1 amide bonds. The van der Waals surface area contributed by atoms with Gasteiger partial charge in [0.25, 0.3) is 5.91 Å². The number of benzene rings is 1. The first kappa shape index (κ1) is 13.2. The zero-order valence-electron chi connectivity index (χ0n) is 10.7. The molecule has 0 bridgehead atoms. The Hall–Kier alpha value is -1.22. The molecule has 1 unspecified atom stereocenters. The van der Waals surface area contributed by atoms with E-state index in [-0.39, 0.29) is 5.91 Å². The largest absolute Gasteiger partial charge is 0.481 e. The van der Waals surface area contributed by atoms with Gasteiger partial charge in [-0.15, -0.1) is 0 Å². The van der Waals surface area contributed by atoms with E-state index in [4.69, 9.17) is 16.3 Å². The van der Waals surface area contributed by atoms with Crippen molar-refractivity contribution in [1.82, 2.24) is 4.90 Å². The average molecular weight is 268 g/mol. The van der Waals surface area contributed by atoms with Crippen molar-refractivity contribution in [2.75, 3.05) is 13.6 Å². The van der Waals surface area contributed by atoms with Crippen LogP contribution in [0.5, 0.6) is 5.75 Å². The molecule has 4 heteroatoms. The number of carbonyl (C=O) groups excluding carboxylic acids is 1. The molecule has 0 saturated heterocycles. The molecule has 0 heterocycles. The minimum atomic E-state index is -0.479. The number of hydrogen-bond acceptors (Lipinski definition) is 2. The van der Waals surface area contributed by atoms with Gasteiger partial charge >= 0.3 is 0 Å². The maximum Gasteiger partial charge on any atom is 0.263 e. The third-order valence-corrected chi connectivity index (χ3v) is 3.30. The average Bonchev–Trinajstić information content (AvgIpc) is 3.11. The lowest BCUT2D eigenvalue weighted by Crippen LogP contribution is -2.38. The van der Waals surface area contributed by atoms with Gasteiger partial charge in [-0.2, -0.15) is 0 Å². The van der Waals surface area contributed by atoms with Crippen LogP contribution in [0.3, 0.4) is 0 Å². The predicted molar refractivity (Wildman–Crippen MR) is 71.9 cm³/mol. The van der Waals surface area contributed by atoms with Crippen LogP contribution in [0.4, 0.5) is 0 Å². The van der Waals surface area contributed by atoms with Crippen molar-refractivity contribution in [2.24, 2.45) is 5.92 Å². The molecule has 98 valence electrons. The van der Waals surface area contributed by atoms with Gasteiger partial charge in [-0.25, -0.2) is 0 Å². The molecule has 0 N–H and O–H groups in total. The number of likely N-dealkylation sites (N-methyl/N-ethyl adjacent to an activating group) is 1. The predicted octanol–water partition coefficient (Wildman–Crippen LogP) is 2.98. The summed E-state index contributed by atoms with van der Waals surface area (Å²) >= 11 is 5.87. The highest BCUT2D eigenvalue weighted by atomic mass is 35.5. The fourth-order valence-electron chi connectivity index (χ4n) is 1.88. The first-order valence-corrected chi connectivity index (χ1v) is 6.61. The van der Waals surface area contributed by atoms with Gasteiger partial charge in [-0.3, -0.25) is 4.79 Å². The van der Waals surface area contributed by atoms with Crippen molar-refractivity contribution in [1.29, 1.82) is 0 Å². The van der Waals surface area contributed by atoms with Gasteiger partial charge in [-0.1, -0.05) is 17.7 Å². The van der Waals surface area contributed by atoms with Crippen LogP contribution in [0.1, 0.15) is 19.8 Å². The van der Waals surface area contributed by atoms with Crippen molar-refractivity contribution in [3.8, 4) is 5.75 Å². The molecule has 2 rings (SSSR count). The van der Waals surface area contributed by atoms with Crippen LogP contribution in [0.15, 0.2) is 24.3 Å². The van der Waals surface area contributed by atoms with Crippen molar-refractivity contribution in [3.05, 3.63) is 29.3 Å². The molecule has 1 atom stereocenters. The Labute approximate surface area is 113 Å². The van der Waals surface area contributed by atoms with Crippen LogP contribution in [-0.2, 0) is 4.79 Å². The standard InChI is InChI=1S/C14H18ClNO2/c1-10(14(17)16(2)9-11-6-7-11)18-13-5-3-4-12(15)8-13/h3-5,8,10-11H,6-7,9H2,1-2H3. The van der Waals surface area contributed by atoms with E-state index in [1.807, 2.05) is 13.1 Å². The van der Waals surface area contributed by atoms with Crippen LogP contribution in [0.25, 0.3) is 0 Å². The van der Waals surface area contributed by atoms with Crippen molar-refractivity contribution < 1.29 is 9.53 Å². The van der Waals surface area contributed by atoms with Crippen molar-refractivity contribution in [3.63, 3.8) is 0 Å². The lowest BCUT2D eigenvalue weighted by Gasteiger charge is -2.22. The fraction of sp³-hybridized carbons (Fsp3) is 0.500. The molecule has 0 radical (unpaired) electrons. The molecular formula is C14H18ClNO2. The first-order valence-electron chi connectivity index (χ1n) is 6.23. The SMILES string of the molecule is CC(Oc1cccc(Cl)c1)C(=O)N(C)CC1CC1. The van der Waals surface area contributed by atoms with Crippen molar-refractivity contribution >= 4 is 17.5 Å². The summed E-state index contributed by atoms with van der Waals surface area (Å²) < 4.78 is 5.60. The molecule has 0 aliphatic heterocycles. The van der Waals surface area contributed by atoms with E-state index in [0.717, 1.165) is 6.54 Å². The molecule has 1 aromatic rings. The number of carbonyl (C=O) groups is 1. The number of nitrogens with zero attached hydrogens (tertiary/aromatic N) is 1. The minimum absolute atomic E-state index is 0.0156. The first-order chi connectivity index (χ1) is 8.56. The second kappa shape index (κ2) is 5.61. The van der Waals surface area contributed by atoms with Gasteiger partial charge in [0.15, 0.2) is 6.10 Å². The molecule has 0 spiro atoms. The normalized spacial score (nSPS) is 16.2. The van der Waals surface area contributed by atoms with E-state index >= 15 is 0 Å². The van der Waals surface area contributed by atoms with Crippen LogP contribution in [0.2, 0.25) is 5.02 Å². The Morgan fingerprint density at radius 3 is 2.89 bits per heavy atom. The maximum absolute atomic E-state index is 12.1. The van der Waals surface area contributed by atoms with E-state index in [2.05, 4.69) is 0 Å². The monoisotopic (exact) mass is 267 g/mol. The van der Waals surface area contributed by atoms with Crippen LogP contribution in [-0.4, -0.2) is 30.5 Å². The zero-order chi connectivity index (χ0) is 13.1. The van der Waals surface area contributed by atoms with Gasteiger partial charge in [0.1, 0.15) is 5.75 Å². The Morgan fingerprint density at radius 2 is 2.28 bits per heavy atom. The Morgan fingerprint density at radius 1 is 1.56 bits per heavy atom. The van der Waals surface area contributed by atoms with Crippen LogP contribution >= 0.6 is 11.6 Å². The fourth-order valence-corrected chi connectivity index (χ4v) is 2.06. The van der Waals surface area contributed by atoms with E-state index in [1.165, 1.54) is 12.8 Å². The van der Waals surface area contributed by atoms with Gasteiger partial charge < -0.3 is 9.64 Å². The van der Waals surface area contributed by atoms with Crippen LogP contribution < -0.4 is 4.74 Å². The number of ether oxygens (including phenoxy) is 1. The molecule has 0 aromatic heterocycles. The highest BCUT2D eigenvalue weighted by Crippen LogP contribution is 2.29. The van der Waals surface area contributed by atoms with Crippen molar-refractivity contribution in [2.45, 2.75) is 25.9 Å². The third-order valence-electron chi connectivity index (χ3n) is 3.06. The third kappa shape index (κ3) is 3.64. The number of halogens is 1. The Kier molecular flexibility index (Phi) is 4.12. The Balaban J connectivity index is 1.89. The van der Waals surface area contributed by atoms with E-state index in [9.17, 15) is 4.79 Å². The summed E-state index contributed by atoms with van der Waals surface area (Å²) in [6.07, 6.45) is 2.00. The molecule has 1 aliphatic carbocycles. The smallest absolute Gasteiger partial charge is 0.263 e.